The number of carbonyl (C=O) groups is 2. The third kappa shape index (κ3) is 2.03. The third-order valence-electron chi connectivity index (χ3n) is 3.94. The number of ketones is 1. The van der Waals surface area contributed by atoms with Gasteiger partial charge in [-0.1, -0.05) is 30.4 Å². The maximum Gasteiger partial charge on any atom is 0.307 e. The number of fused-ring (bicyclic) bond motifs is 1. The molecule has 102 valence electrons. The van der Waals surface area contributed by atoms with Gasteiger partial charge in [0.15, 0.2) is 5.78 Å². The smallest absolute Gasteiger partial charge is 0.307 e. The number of benzene rings is 1. The molecule has 0 unspecified atom stereocenters. The fourth-order valence-corrected chi connectivity index (χ4v) is 2.85. The van der Waals surface area contributed by atoms with E-state index in [0.29, 0.717) is 18.4 Å². The number of aromatic amines is 1. The number of nitrogens with one attached hydrogen (secondary N) is 1. The van der Waals surface area contributed by atoms with Gasteiger partial charge in [0.1, 0.15) is 0 Å². The van der Waals surface area contributed by atoms with Gasteiger partial charge in [-0.2, -0.15) is 0 Å². The van der Waals surface area contributed by atoms with Crippen molar-refractivity contribution in [3.8, 4) is 0 Å². The van der Waals surface area contributed by atoms with Crippen molar-refractivity contribution in [2.24, 2.45) is 11.8 Å². The first-order valence-corrected chi connectivity index (χ1v) is 6.66. The van der Waals surface area contributed by atoms with Gasteiger partial charge in [0.25, 0.3) is 0 Å². The molecule has 2 N–H and O–H groups in total. The van der Waals surface area contributed by atoms with Crippen LogP contribution < -0.4 is 0 Å². The van der Waals surface area contributed by atoms with Crippen LogP contribution in [0.1, 0.15) is 23.2 Å². The Kier molecular flexibility index (Phi) is 3.14. The minimum absolute atomic E-state index is 0.0841. The lowest BCUT2D eigenvalue weighted by Crippen LogP contribution is -2.31. The highest BCUT2D eigenvalue weighted by atomic mass is 16.4. The summed E-state index contributed by atoms with van der Waals surface area (Å²) >= 11 is 0. The molecule has 0 fully saturated rings. The monoisotopic (exact) mass is 269 g/mol. The fraction of sp³-hybridized carbons (Fsp3) is 0.250. The maximum absolute atomic E-state index is 12.7. The van der Waals surface area contributed by atoms with Crippen molar-refractivity contribution in [1.82, 2.24) is 4.98 Å². The largest absolute Gasteiger partial charge is 0.481 e. The van der Waals surface area contributed by atoms with Gasteiger partial charge in [-0.25, -0.2) is 0 Å². The maximum atomic E-state index is 12.7. The molecule has 0 amide bonds. The van der Waals surface area contributed by atoms with Gasteiger partial charge in [-0.05, 0) is 18.9 Å². The van der Waals surface area contributed by atoms with Crippen LogP contribution in [-0.4, -0.2) is 21.8 Å². The summed E-state index contributed by atoms with van der Waals surface area (Å²) in [5, 5.41) is 10.1. The first-order chi connectivity index (χ1) is 9.68. The molecule has 1 aromatic heterocycles. The van der Waals surface area contributed by atoms with Crippen molar-refractivity contribution >= 4 is 22.7 Å². The zero-order valence-electron chi connectivity index (χ0n) is 10.9. The molecule has 1 aliphatic rings. The second-order valence-corrected chi connectivity index (χ2v) is 5.11. The van der Waals surface area contributed by atoms with Gasteiger partial charge in [-0.15, -0.1) is 0 Å². The molecular weight excluding hydrogens is 254 g/mol. The Balaban J connectivity index is 1.99. The van der Waals surface area contributed by atoms with Crippen LogP contribution in [0.15, 0.2) is 42.6 Å². The Hall–Kier alpha value is -2.36. The van der Waals surface area contributed by atoms with Crippen molar-refractivity contribution in [3.63, 3.8) is 0 Å². The lowest BCUT2D eigenvalue weighted by molar-refractivity contribution is -0.143. The molecule has 0 saturated carbocycles. The van der Waals surface area contributed by atoms with Gasteiger partial charge in [-0.3, -0.25) is 9.59 Å². The lowest BCUT2D eigenvalue weighted by atomic mass is 9.78. The number of carboxylic acids is 1. The highest BCUT2D eigenvalue weighted by molar-refractivity contribution is 6.09. The molecule has 0 aliphatic heterocycles. The minimum Gasteiger partial charge on any atom is -0.481 e. The van der Waals surface area contributed by atoms with Gasteiger partial charge in [0, 0.05) is 28.6 Å². The van der Waals surface area contributed by atoms with Crippen LogP contribution >= 0.6 is 0 Å². The number of rotatable bonds is 3. The molecule has 0 saturated heterocycles. The number of aliphatic carboxylic acids is 1. The van der Waals surface area contributed by atoms with E-state index in [1.165, 1.54) is 0 Å². The first-order valence-electron chi connectivity index (χ1n) is 6.66. The average molecular weight is 269 g/mol. The van der Waals surface area contributed by atoms with E-state index in [4.69, 9.17) is 0 Å². The molecule has 0 radical (unpaired) electrons. The van der Waals surface area contributed by atoms with E-state index in [1.54, 1.807) is 6.20 Å². The van der Waals surface area contributed by atoms with E-state index in [1.807, 2.05) is 36.4 Å². The molecule has 20 heavy (non-hydrogen) atoms. The highest BCUT2D eigenvalue weighted by Crippen LogP contribution is 2.31. The molecule has 4 nitrogen and oxygen atoms in total. The van der Waals surface area contributed by atoms with Gasteiger partial charge >= 0.3 is 5.97 Å². The van der Waals surface area contributed by atoms with Crippen molar-refractivity contribution in [2.45, 2.75) is 12.8 Å². The molecule has 1 aromatic carbocycles. The number of carboxylic acid groups (broad SMARTS) is 1. The third-order valence-corrected chi connectivity index (χ3v) is 3.94. The highest BCUT2D eigenvalue weighted by Gasteiger charge is 2.35. The second kappa shape index (κ2) is 4.96. The zero-order valence-corrected chi connectivity index (χ0v) is 10.9. The summed E-state index contributed by atoms with van der Waals surface area (Å²) in [4.78, 5) is 27.0. The van der Waals surface area contributed by atoms with Crippen LogP contribution in [0, 0.1) is 11.8 Å². The van der Waals surface area contributed by atoms with E-state index in [-0.39, 0.29) is 5.78 Å². The van der Waals surface area contributed by atoms with E-state index >= 15 is 0 Å². The number of aromatic nitrogens is 1. The van der Waals surface area contributed by atoms with Gasteiger partial charge < -0.3 is 10.1 Å². The summed E-state index contributed by atoms with van der Waals surface area (Å²) in [6.45, 7) is 0. The summed E-state index contributed by atoms with van der Waals surface area (Å²) in [5.74, 6) is -2.08. The van der Waals surface area contributed by atoms with Crippen LogP contribution in [0.3, 0.4) is 0 Å². The summed E-state index contributed by atoms with van der Waals surface area (Å²) in [7, 11) is 0. The number of Topliss-reactive ketones (excluding diaryl/α,β-unsaturated/α-hetero) is 1. The van der Waals surface area contributed by atoms with Crippen molar-refractivity contribution in [2.75, 3.05) is 0 Å². The summed E-state index contributed by atoms with van der Waals surface area (Å²) in [5.41, 5.74) is 1.49. The molecule has 1 aliphatic carbocycles. The molecule has 1 heterocycles. The lowest BCUT2D eigenvalue weighted by Gasteiger charge is -2.23. The summed E-state index contributed by atoms with van der Waals surface area (Å²) in [6.07, 6.45) is 6.35. The van der Waals surface area contributed by atoms with Gasteiger partial charge in [0.05, 0.1) is 5.92 Å². The topological polar surface area (TPSA) is 70.2 Å². The van der Waals surface area contributed by atoms with Crippen LogP contribution in [0.4, 0.5) is 0 Å². The number of allylic oxidation sites excluding steroid dienone is 2. The zero-order chi connectivity index (χ0) is 14.1. The normalized spacial score (nSPS) is 22.0. The molecular formula is C16H15NO3. The molecule has 2 atom stereocenters. The number of H-pyrrole nitrogens is 1. The summed E-state index contributed by atoms with van der Waals surface area (Å²) in [6, 6.07) is 7.56. The van der Waals surface area contributed by atoms with Crippen LogP contribution in [-0.2, 0) is 4.79 Å². The number of carbonyl (C=O) groups excluding carboxylic acids is 1. The predicted molar refractivity (Wildman–Crippen MR) is 75.6 cm³/mol. The quantitative estimate of drug-likeness (QED) is 0.664. The van der Waals surface area contributed by atoms with E-state index in [2.05, 4.69) is 4.98 Å². The van der Waals surface area contributed by atoms with Crippen LogP contribution in [0.2, 0.25) is 0 Å². The van der Waals surface area contributed by atoms with E-state index in [0.717, 1.165) is 10.9 Å². The molecule has 4 heteroatoms. The SMILES string of the molecule is O=C(O)[C@H]1CC=CC[C@@H]1C(=O)c1c[nH]c2ccccc12. The summed E-state index contributed by atoms with van der Waals surface area (Å²) < 4.78 is 0. The van der Waals surface area contributed by atoms with E-state index < -0.39 is 17.8 Å². The van der Waals surface area contributed by atoms with Crippen molar-refractivity contribution in [3.05, 3.63) is 48.2 Å². The number of hydrogen-bond donors (Lipinski definition) is 2. The fourth-order valence-electron chi connectivity index (χ4n) is 2.85. The second-order valence-electron chi connectivity index (χ2n) is 5.11. The Morgan fingerprint density at radius 3 is 2.55 bits per heavy atom. The molecule has 3 rings (SSSR count). The first kappa shape index (κ1) is 12.7. The number of para-hydroxylation sites is 1. The Morgan fingerprint density at radius 1 is 1.10 bits per heavy atom. The Morgan fingerprint density at radius 2 is 1.80 bits per heavy atom. The number of hydrogen-bond acceptors (Lipinski definition) is 2. The molecule has 0 bridgehead atoms. The van der Waals surface area contributed by atoms with E-state index in [9.17, 15) is 14.7 Å². The average Bonchev–Trinajstić information content (AvgIpc) is 2.90. The van der Waals surface area contributed by atoms with Crippen LogP contribution in [0.5, 0.6) is 0 Å². The predicted octanol–water partition coefficient (Wildman–Crippen LogP) is 3.02. The van der Waals surface area contributed by atoms with Gasteiger partial charge in [0.2, 0.25) is 0 Å². The molecule has 0 spiro atoms. The Labute approximate surface area is 116 Å². The van der Waals surface area contributed by atoms with Crippen molar-refractivity contribution < 1.29 is 14.7 Å². The minimum atomic E-state index is -0.896. The Bertz CT molecular complexity index is 699. The molecule has 2 aromatic rings. The van der Waals surface area contributed by atoms with Crippen molar-refractivity contribution in [1.29, 1.82) is 0 Å². The van der Waals surface area contributed by atoms with Crippen LogP contribution in [0.25, 0.3) is 10.9 Å². The standard InChI is InChI=1S/C16H15NO3/c18-15(11-6-1-2-7-12(11)16(19)20)13-9-17-14-8-4-3-5-10(13)14/h1-5,8-9,11-12,17H,6-7H2,(H,19,20)/t11-,12-/m0/s1.